The Morgan fingerprint density at radius 2 is 2.12 bits per heavy atom. The fourth-order valence-corrected chi connectivity index (χ4v) is 4.04. The largest absolute Gasteiger partial charge is 0.377 e. The molecule has 1 spiro atoms. The number of para-hydroxylation sites is 1. The number of hydrogen-bond acceptors (Lipinski definition) is 6. The van der Waals surface area contributed by atoms with E-state index >= 15 is 0 Å². The maximum atomic E-state index is 12.4. The number of anilines is 1. The molecule has 25 heavy (non-hydrogen) atoms. The molecule has 0 unspecified atom stereocenters. The van der Waals surface area contributed by atoms with Crippen LogP contribution in [-0.2, 0) is 20.8 Å². The highest BCUT2D eigenvalue weighted by molar-refractivity contribution is 7.09. The Kier molecular flexibility index (Phi) is 4.80. The molecule has 0 N–H and O–H groups in total. The normalized spacial score (nSPS) is 25.3. The molecule has 0 radical (unpaired) electrons. The molecule has 2 aromatic rings. The van der Waals surface area contributed by atoms with Crippen molar-refractivity contribution in [2.45, 2.75) is 12.1 Å². The van der Waals surface area contributed by atoms with Crippen LogP contribution in [0.5, 0.6) is 0 Å². The summed E-state index contributed by atoms with van der Waals surface area (Å²) >= 11 is 1.66. The second kappa shape index (κ2) is 7.21. The summed E-state index contributed by atoms with van der Waals surface area (Å²) in [6, 6.07) is 9.77. The van der Waals surface area contributed by atoms with Gasteiger partial charge in [-0.1, -0.05) is 18.2 Å². The molecule has 1 amide bonds. The summed E-state index contributed by atoms with van der Waals surface area (Å²) in [7, 11) is 0. The summed E-state index contributed by atoms with van der Waals surface area (Å²) < 4.78 is 11.9. The van der Waals surface area contributed by atoms with E-state index < -0.39 is 5.60 Å². The predicted molar refractivity (Wildman–Crippen MR) is 95.7 cm³/mol. The molecule has 4 rings (SSSR count). The number of aromatic nitrogens is 1. The van der Waals surface area contributed by atoms with Crippen molar-refractivity contribution in [1.82, 2.24) is 9.88 Å². The van der Waals surface area contributed by atoms with E-state index in [2.05, 4.69) is 9.88 Å². The van der Waals surface area contributed by atoms with E-state index in [1.165, 1.54) is 0 Å². The van der Waals surface area contributed by atoms with Crippen molar-refractivity contribution < 1.29 is 14.3 Å². The van der Waals surface area contributed by atoms with E-state index in [0.29, 0.717) is 19.8 Å². The summed E-state index contributed by atoms with van der Waals surface area (Å²) in [5, 5.41) is 3.08. The maximum Gasteiger partial charge on any atom is 0.253 e. The van der Waals surface area contributed by atoms with Crippen molar-refractivity contribution in [1.29, 1.82) is 0 Å². The van der Waals surface area contributed by atoms with E-state index in [9.17, 15) is 4.79 Å². The summed E-state index contributed by atoms with van der Waals surface area (Å²) in [4.78, 5) is 20.9. The summed E-state index contributed by atoms with van der Waals surface area (Å²) in [6.07, 6.45) is 1.83. The molecule has 2 saturated heterocycles. The molecule has 0 bridgehead atoms. The van der Waals surface area contributed by atoms with Gasteiger partial charge in [0.25, 0.3) is 5.91 Å². The number of carbonyl (C=O) groups is 1. The molecule has 7 heteroatoms. The fourth-order valence-electron chi connectivity index (χ4n) is 3.38. The third kappa shape index (κ3) is 3.74. The van der Waals surface area contributed by atoms with Crippen LogP contribution >= 0.6 is 11.3 Å². The zero-order valence-electron chi connectivity index (χ0n) is 14.0. The van der Waals surface area contributed by atoms with Gasteiger partial charge in [-0.3, -0.25) is 9.69 Å². The Labute approximate surface area is 151 Å². The molecule has 0 aliphatic carbocycles. The summed E-state index contributed by atoms with van der Waals surface area (Å²) in [5.41, 5.74) is 0.406. The van der Waals surface area contributed by atoms with E-state index in [-0.39, 0.29) is 12.5 Å². The van der Waals surface area contributed by atoms with Crippen molar-refractivity contribution >= 4 is 22.9 Å². The highest BCUT2D eigenvalue weighted by Gasteiger charge is 2.43. The van der Waals surface area contributed by atoms with Crippen LogP contribution in [0.1, 0.15) is 5.01 Å². The van der Waals surface area contributed by atoms with Crippen molar-refractivity contribution in [2.24, 2.45) is 0 Å². The molecule has 132 valence electrons. The molecule has 3 heterocycles. The Balaban J connectivity index is 1.53. The topological polar surface area (TPSA) is 54.9 Å². The lowest BCUT2D eigenvalue weighted by Gasteiger charge is -2.43. The molecule has 1 aromatic heterocycles. The lowest BCUT2D eigenvalue weighted by atomic mass is 10.0. The minimum atomic E-state index is -0.502. The first-order valence-electron chi connectivity index (χ1n) is 8.42. The lowest BCUT2D eigenvalue weighted by molar-refractivity contribution is -0.146. The Hall–Kier alpha value is -1.80. The minimum absolute atomic E-state index is 0.00690. The van der Waals surface area contributed by atoms with Gasteiger partial charge in [0.1, 0.15) is 17.2 Å². The molecular formula is C18H21N3O3S. The van der Waals surface area contributed by atoms with Crippen LogP contribution in [0.25, 0.3) is 0 Å². The number of morpholine rings is 1. The number of carbonyl (C=O) groups excluding carboxylic acids is 1. The second-order valence-electron chi connectivity index (χ2n) is 6.48. The maximum absolute atomic E-state index is 12.4. The Morgan fingerprint density at radius 3 is 2.92 bits per heavy atom. The van der Waals surface area contributed by atoms with Gasteiger partial charge >= 0.3 is 0 Å². The van der Waals surface area contributed by atoms with Gasteiger partial charge in [-0.05, 0) is 12.1 Å². The van der Waals surface area contributed by atoms with Gasteiger partial charge in [-0.25, -0.2) is 4.98 Å². The zero-order chi connectivity index (χ0) is 17.1. The number of rotatable bonds is 3. The van der Waals surface area contributed by atoms with Gasteiger partial charge in [0.15, 0.2) is 0 Å². The van der Waals surface area contributed by atoms with Crippen LogP contribution in [0.4, 0.5) is 5.69 Å². The zero-order valence-corrected chi connectivity index (χ0v) is 14.8. The van der Waals surface area contributed by atoms with Crippen LogP contribution in [0, 0.1) is 0 Å². The molecule has 2 aliphatic heterocycles. The number of hydrogen-bond donors (Lipinski definition) is 0. The first-order valence-corrected chi connectivity index (χ1v) is 9.30. The number of thiazole rings is 1. The van der Waals surface area contributed by atoms with Crippen molar-refractivity contribution in [3.8, 4) is 0 Å². The highest BCUT2D eigenvalue weighted by atomic mass is 32.1. The highest BCUT2D eigenvalue weighted by Crippen LogP contribution is 2.27. The average molecular weight is 359 g/mol. The van der Waals surface area contributed by atoms with Gasteiger partial charge in [-0.2, -0.15) is 0 Å². The van der Waals surface area contributed by atoms with Crippen LogP contribution in [-0.4, -0.2) is 60.8 Å². The van der Waals surface area contributed by atoms with E-state index in [0.717, 1.165) is 30.3 Å². The summed E-state index contributed by atoms with van der Waals surface area (Å²) in [5.74, 6) is -0.00690. The average Bonchev–Trinajstić information content (AvgIpc) is 3.07. The Bertz CT molecular complexity index is 710. The minimum Gasteiger partial charge on any atom is -0.377 e. The van der Waals surface area contributed by atoms with Gasteiger partial charge in [0, 0.05) is 30.4 Å². The van der Waals surface area contributed by atoms with Crippen molar-refractivity contribution in [3.05, 3.63) is 46.9 Å². The molecule has 2 fully saturated rings. The Morgan fingerprint density at radius 1 is 1.24 bits per heavy atom. The quantitative estimate of drug-likeness (QED) is 0.836. The monoisotopic (exact) mass is 359 g/mol. The van der Waals surface area contributed by atoms with Gasteiger partial charge < -0.3 is 14.4 Å². The van der Waals surface area contributed by atoms with Crippen molar-refractivity contribution in [2.75, 3.05) is 44.4 Å². The van der Waals surface area contributed by atoms with E-state index in [1.54, 1.807) is 11.3 Å². The van der Waals surface area contributed by atoms with Crippen LogP contribution < -0.4 is 4.90 Å². The van der Waals surface area contributed by atoms with Gasteiger partial charge in [0.2, 0.25) is 0 Å². The van der Waals surface area contributed by atoms with Gasteiger partial charge in [-0.15, -0.1) is 11.3 Å². The molecule has 2 aliphatic rings. The first kappa shape index (κ1) is 16.7. The smallest absolute Gasteiger partial charge is 0.253 e. The van der Waals surface area contributed by atoms with Gasteiger partial charge in [0.05, 0.1) is 26.3 Å². The predicted octanol–water partition coefficient (Wildman–Crippen LogP) is 1.78. The number of nitrogens with zero attached hydrogens (tertiary/aromatic N) is 3. The van der Waals surface area contributed by atoms with Crippen LogP contribution in [0.3, 0.4) is 0 Å². The standard InChI is InChI=1S/C18H21N3O3S/c22-17-11-24-18(13-21(17)15-4-2-1-3-5-15)12-20(7-8-23-14-18)10-16-19-6-9-25-16/h1-6,9H,7-8,10-14H2/t18-/m1/s1. The third-order valence-corrected chi connectivity index (χ3v) is 5.35. The van der Waals surface area contributed by atoms with E-state index in [4.69, 9.17) is 9.47 Å². The number of amides is 1. The molecule has 6 nitrogen and oxygen atoms in total. The van der Waals surface area contributed by atoms with Crippen molar-refractivity contribution in [3.63, 3.8) is 0 Å². The number of ether oxygens (including phenoxy) is 2. The molecule has 1 aromatic carbocycles. The second-order valence-corrected chi connectivity index (χ2v) is 7.46. The summed E-state index contributed by atoms with van der Waals surface area (Å²) in [6.45, 7) is 4.10. The van der Waals surface area contributed by atoms with Crippen LogP contribution in [0.2, 0.25) is 0 Å². The molecule has 0 saturated carbocycles. The SMILES string of the molecule is O=C1CO[C@@]2(COCCN(Cc3nccs3)C2)CN1c1ccccc1. The first-order chi connectivity index (χ1) is 12.2. The van der Waals surface area contributed by atoms with E-state index in [1.807, 2.05) is 46.8 Å². The lowest BCUT2D eigenvalue weighted by Crippen LogP contribution is -2.60. The fraction of sp³-hybridized carbons (Fsp3) is 0.444. The number of benzene rings is 1. The molecular weight excluding hydrogens is 338 g/mol. The third-order valence-electron chi connectivity index (χ3n) is 4.59. The molecule has 1 atom stereocenters. The van der Waals surface area contributed by atoms with Crippen LogP contribution in [0.15, 0.2) is 41.9 Å².